The number of aromatic amines is 1. The lowest BCUT2D eigenvalue weighted by Crippen LogP contribution is -2.51. The second kappa shape index (κ2) is 13.5. The Bertz CT molecular complexity index is 1690. The highest BCUT2D eigenvalue weighted by molar-refractivity contribution is 6.22. The van der Waals surface area contributed by atoms with Crippen molar-refractivity contribution in [2.45, 2.75) is 6.92 Å². The zero-order valence-electron chi connectivity index (χ0n) is 24.7. The van der Waals surface area contributed by atoms with Crippen LogP contribution in [0, 0.1) is 6.92 Å². The molecule has 1 aliphatic rings. The van der Waals surface area contributed by atoms with Crippen LogP contribution in [0.5, 0.6) is 5.88 Å². The minimum Gasteiger partial charge on any atom is -0.494 e. The molecular weight excluding hydrogens is 562 g/mol. The van der Waals surface area contributed by atoms with Crippen molar-refractivity contribution in [2.75, 3.05) is 53.0 Å². The van der Waals surface area contributed by atoms with Crippen molar-refractivity contribution in [3.8, 4) is 5.88 Å². The number of aromatic nitrogens is 1. The van der Waals surface area contributed by atoms with Gasteiger partial charge >= 0.3 is 5.97 Å². The third-order valence-corrected chi connectivity index (χ3v) is 7.72. The second-order valence-electron chi connectivity index (χ2n) is 10.6. The number of hydrogen-bond donors (Lipinski definition) is 4. The number of carbonyl (C=O) groups excluding carboxylic acids is 3. The Hall–Kier alpha value is -5.00. The van der Waals surface area contributed by atoms with Crippen LogP contribution < -0.4 is 5.32 Å². The van der Waals surface area contributed by atoms with Gasteiger partial charge in [-0.05, 0) is 48.9 Å². The molecule has 0 spiro atoms. The predicted octanol–water partition coefficient (Wildman–Crippen LogP) is 3.00. The average molecular weight is 598 g/mol. The number of aliphatic imine (C=N–C) groups is 1. The van der Waals surface area contributed by atoms with Crippen LogP contribution >= 0.6 is 0 Å². The lowest BCUT2D eigenvalue weighted by Gasteiger charge is -2.34. The Morgan fingerprint density at radius 2 is 1.68 bits per heavy atom. The smallest absolute Gasteiger partial charge is 0.338 e. The number of β-amino-alcohol motifs (C(OH)–C–C–N with tert-alkyl or cyclic N) is 1. The van der Waals surface area contributed by atoms with Gasteiger partial charge in [-0.1, -0.05) is 30.3 Å². The van der Waals surface area contributed by atoms with Crippen molar-refractivity contribution in [1.29, 1.82) is 0 Å². The molecule has 2 heterocycles. The van der Waals surface area contributed by atoms with Gasteiger partial charge in [0, 0.05) is 54.8 Å². The standard InChI is InChI=1S/C33H35N5O6/c1-21-18-26-27(19-25(21)33(43)44-2)36-32(42)29(26)30(22-6-4-3-5-7-22)35-24-10-8-23(9-11-24)31(41)34-20-28(40)38-14-12-37(13-15-38)16-17-39/h3-11,18-19,36,39,42H,12-17,20H2,1-2H3,(H,34,41). The molecule has 0 unspecified atom stereocenters. The summed E-state index contributed by atoms with van der Waals surface area (Å²) < 4.78 is 4.90. The van der Waals surface area contributed by atoms with E-state index in [0.29, 0.717) is 77.3 Å². The van der Waals surface area contributed by atoms with Crippen LogP contribution in [0.15, 0.2) is 71.7 Å². The number of esters is 1. The summed E-state index contributed by atoms with van der Waals surface area (Å²) in [5, 5.41) is 23.5. The molecule has 0 radical (unpaired) electrons. The van der Waals surface area contributed by atoms with E-state index in [1.54, 1.807) is 42.2 Å². The third-order valence-electron chi connectivity index (χ3n) is 7.72. The van der Waals surface area contributed by atoms with Gasteiger partial charge in [0.2, 0.25) is 5.91 Å². The highest BCUT2D eigenvalue weighted by atomic mass is 16.5. The Labute approximate surface area is 254 Å². The monoisotopic (exact) mass is 597 g/mol. The average Bonchev–Trinajstić information content (AvgIpc) is 3.36. The first-order chi connectivity index (χ1) is 21.3. The van der Waals surface area contributed by atoms with Crippen molar-refractivity contribution in [3.63, 3.8) is 0 Å². The Morgan fingerprint density at radius 3 is 2.34 bits per heavy atom. The minimum absolute atomic E-state index is 0.0894. The molecule has 11 heteroatoms. The lowest BCUT2D eigenvalue weighted by atomic mass is 9.98. The summed E-state index contributed by atoms with van der Waals surface area (Å²) >= 11 is 0. The number of hydrogen-bond acceptors (Lipinski definition) is 8. The molecule has 4 aromatic rings. The molecule has 1 aliphatic heterocycles. The van der Waals surface area contributed by atoms with Crippen molar-refractivity contribution >= 4 is 40.1 Å². The first-order valence-electron chi connectivity index (χ1n) is 14.4. The number of aliphatic hydroxyl groups is 1. The van der Waals surface area contributed by atoms with Gasteiger partial charge in [-0.3, -0.25) is 14.5 Å². The van der Waals surface area contributed by atoms with E-state index >= 15 is 0 Å². The summed E-state index contributed by atoms with van der Waals surface area (Å²) in [4.78, 5) is 49.3. The molecule has 11 nitrogen and oxygen atoms in total. The number of benzene rings is 3. The van der Waals surface area contributed by atoms with Crippen molar-refractivity contribution in [3.05, 3.63) is 94.5 Å². The quantitative estimate of drug-likeness (QED) is 0.171. The third kappa shape index (κ3) is 6.64. The van der Waals surface area contributed by atoms with Crippen LogP contribution in [-0.4, -0.2) is 101 Å². The molecule has 0 saturated carbocycles. The summed E-state index contributed by atoms with van der Waals surface area (Å²) in [5.74, 6) is -1.09. The number of rotatable bonds is 9. The van der Waals surface area contributed by atoms with E-state index < -0.39 is 5.97 Å². The number of nitrogens with zero attached hydrogens (tertiary/aromatic N) is 3. The zero-order valence-corrected chi connectivity index (χ0v) is 24.7. The first kappa shape index (κ1) is 30.5. The molecule has 5 rings (SSSR count). The Morgan fingerprint density at radius 1 is 0.977 bits per heavy atom. The molecule has 44 heavy (non-hydrogen) atoms. The number of fused-ring (bicyclic) bond motifs is 1. The van der Waals surface area contributed by atoms with E-state index in [1.807, 2.05) is 36.4 Å². The van der Waals surface area contributed by atoms with Gasteiger partial charge in [0.15, 0.2) is 5.88 Å². The Balaban J connectivity index is 1.36. The maximum Gasteiger partial charge on any atom is 0.338 e. The minimum atomic E-state index is -0.470. The van der Waals surface area contributed by atoms with Crippen molar-refractivity contribution in [1.82, 2.24) is 20.1 Å². The molecule has 228 valence electrons. The number of amides is 2. The maximum atomic E-state index is 12.8. The van der Waals surface area contributed by atoms with E-state index in [0.717, 1.165) is 5.56 Å². The van der Waals surface area contributed by atoms with E-state index in [-0.39, 0.29) is 30.8 Å². The summed E-state index contributed by atoms with van der Waals surface area (Å²) in [7, 11) is 1.32. The molecule has 1 fully saturated rings. The summed E-state index contributed by atoms with van der Waals surface area (Å²) in [5.41, 5.74) is 4.30. The molecular formula is C33H35N5O6. The van der Waals surface area contributed by atoms with Crippen LogP contribution in [0.2, 0.25) is 0 Å². The second-order valence-corrected chi connectivity index (χ2v) is 10.6. The van der Waals surface area contributed by atoms with Crippen LogP contribution in [0.4, 0.5) is 5.69 Å². The molecule has 2 amide bonds. The number of aromatic hydroxyl groups is 1. The normalized spacial score (nSPS) is 14.1. The van der Waals surface area contributed by atoms with Crippen molar-refractivity contribution in [2.24, 2.45) is 4.99 Å². The number of methoxy groups -OCH3 is 1. The van der Waals surface area contributed by atoms with Crippen molar-refractivity contribution < 1.29 is 29.3 Å². The van der Waals surface area contributed by atoms with Gasteiger partial charge in [0.1, 0.15) is 0 Å². The first-order valence-corrected chi connectivity index (χ1v) is 14.4. The van der Waals surface area contributed by atoms with Gasteiger partial charge in [-0.2, -0.15) is 0 Å². The number of piperazine rings is 1. The highest BCUT2D eigenvalue weighted by Crippen LogP contribution is 2.33. The van der Waals surface area contributed by atoms with Crippen LogP contribution in [-0.2, 0) is 9.53 Å². The molecule has 3 aromatic carbocycles. The number of ether oxygens (including phenoxy) is 1. The largest absolute Gasteiger partial charge is 0.494 e. The fraction of sp³-hybridized carbons (Fsp3) is 0.273. The van der Waals surface area contributed by atoms with E-state index in [2.05, 4.69) is 15.2 Å². The molecule has 1 saturated heterocycles. The fourth-order valence-corrected chi connectivity index (χ4v) is 5.31. The molecule has 1 aromatic heterocycles. The van der Waals surface area contributed by atoms with E-state index in [1.165, 1.54) is 7.11 Å². The van der Waals surface area contributed by atoms with Gasteiger partial charge in [-0.25, -0.2) is 9.79 Å². The van der Waals surface area contributed by atoms with E-state index in [9.17, 15) is 19.5 Å². The maximum absolute atomic E-state index is 12.8. The lowest BCUT2D eigenvalue weighted by molar-refractivity contribution is -0.131. The van der Waals surface area contributed by atoms with Crippen LogP contribution in [0.25, 0.3) is 10.9 Å². The molecule has 0 bridgehead atoms. The van der Waals surface area contributed by atoms with Gasteiger partial charge < -0.3 is 30.2 Å². The molecule has 0 atom stereocenters. The van der Waals surface area contributed by atoms with E-state index in [4.69, 9.17) is 14.8 Å². The number of aliphatic hydroxyl groups excluding tert-OH is 1. The topological polar surface area (TPSA) is 148 Å². The number of H-pyrrole nitrogens is 1. The zero-order chi connectivity index (χ0) is 31.2. The SMILES string of the molecule is COC(=O)c1cc2[nH]c(O)c(C(=Nc3ccc(C(=O)NCC(=O)N4CCN(CCO)CC4)cc3)c3ccccc3)c2cc1C. The van der Waals surface area contributed by atoms with Gasteiger partial charge in [0.25, 0.3) is 5.91 Å². The number of nitrogens with one attached hydrogen (secondary N) is 2. The van der Waals surface area contributed by atoms with Gasteiger partial charge in [-0.15, -0.1) is 0 Å². The summed E-state index contributed by atoms with van der Waals surface area (Å²) in [6.07, 6.45) is 0. The predicted molar refractivity (Wildman–Crippen MR) is 167 cm³/mol. The van der Waals surface area contributed by atoms with Crippen LogP contribution in [0.3, 0.4) is 0 Å². The van der Waals surface area contributed by atoms with Gasteiger partial charge in [0.05, 0.1) is 42.8 Å². The fourth-order valence-electron chi connectivity index (χ4n) is 5.31. The Kier molecular flexibility index (Phi) is 9.37. The summed E-state index contributed by atoms with van der Waals surface area (Å²) in [6.45, 7) is 4.88. The molecule has 4 N–H and O–H groups in total. The summed E-state index contributed by atoms with van der Waals surface area (Å²) in [6, 6.07) is 19.6. The number of aryl methyl sites for hydroxylation is 1. The number of carbonyl (C=O) groups is 3. The highest BCUT2D eigenvalue weighted by Gasteiger charge is 2.23. The van der Waals surface area contributed by atoms with Crippen LogP contribution in [0.1, 0.15) is 37.4 Å². The molecule has 0 aliphatic carbocycles.